The molecule has 2 rings (SSSR count). The number of methoxy groups -OCH3 is 1. The molecule has 0 fully saturated rings. The Morgan fingerprint density at radius 3 is 2.18 bits per heavy atom. The number of rotatable bonds is 6. The van der Waals surface area contributed by atoms with Crippen molar-refractivity contribution in [1.29, 1.82) is 0 Å². The molecule has 22 heavy (non-hydrogen) atoms. The number of ether oxygens (including phenoxy) is 1. The minimum atomic E-state index is 0.297. The van der Waals surface area contributed by atoms with Crippen molar-refractivity contribution < 1.29 is 4.74 Å². The molecule has 0 spiro atoms. The van der Waals surface area contributed by atoms with Crippen LogP contribution in [0, 0.1) is 0 Å². The first-order valence-corrected chi connectivity index (χ1v) is 8.05. The molecule has 0 radical (unpaired) electrons. The van der Waals surface area contributed by atoms with Crippen LogP contribution >= 0.6 is 11.6 Å². The maximum Gasteiger partial charge on any atom is 0.137 e. The maximum atomic E-state index is 6.20. The molecule has 1 atom stereocenters. The summed E-state index contributed by atoms with van der Waals surface area (Å²) in [6.07, 6.45) is 0.876. The largest absolute Gasteiger partial charge is 0.495 e. The van der Waals surface area contributed by atoms with Crippen LogP contribution in [0.4, 0.5) is 0 Å². The van der Waals surface area contributed by atoms with Crippen LogP contribution in [0.25, 0.3) is 0 Å². The second-order valence-electron chi connectivity index (χ2n) is 5.93. The van der Waals surface area contributed by atoms with Gasteiger partial charge in [0.1, 0.15) is 5.75 Å². The molecule has 2 aromatic rings. The molecule has 0 heterocycles. The number of halogens is 1. The van der Waals surface area contributed by atoms with Gasteiger partial charge in [0.15, 0.2) is 0 Å². The van der Waals surface area contributed by atoms with Crippen molar-refractivity contribution in [2.24, 2.45) is 5.73 Å². The molecule has 0 aliphatic heterocycles. The first kappa shape index (κ1) is 16.9. The van der Waals surface area contributed by atoms with Crippen LogP contribution in [0.1, 0.15) is 42.4 Å². The van der Waals surface area contributed by atoms with Gasteiger partial charge in [-0.05, 0) is 47.7 Å². The number of nitrogens with two attached hydrogens (primary N) is 1. The second-order valence-corrected chi connectivity index (χ2v) is 6.33. The van der Waals surface area contributed by atoms with Crippen molar-refractivity contribution in [3.05, 3.63) is 64.2 Å². The van der Waals surface area contributed by atoms with Gasteiger partial charge in [0.05, 0.1) is 12.1 Å². The Balaban J connectivity index is 2.16. The quantitative estimate of drug-likeness (QED) is 0.834. The van der Waals surface area contributed by atoms with E-state index in [1.54, 1.807) is 7.11 Å². The lowest BCUT2D eigenvalue weighted by atomic mass is 9.90. The summed E-state index contributed by atoms with van der Waals surface area (Å²) < 4.78 is 5.19. The minimum absolute atomic E-state index is 0.297. The second kappa shape index (κ2) is 7.66. The van der Waals surface area contributed by atoms with Crippen molar-refractivity contribution in [2.75, 3.05) is 13.7 Å². The molecule has 0 amide bonds. The average molecular weight is 318 g/mol. The third-order valence-electron chi connectivity index (χ3n) is 4.06. The van der Waals surface area contributed by atoms with E-state index < -0.39 is 0 Å². The Bertz CT molecular complexity index is 607. The van der Waals surface area contributed by atoms with Crippen molar-refractivity contribution >= 4 is 11.6 Å². The third-order valence-corrected chi connectivity index (χ3v) is 4.35. The highest BCUT2D eigenvalue weighted by molar-refractivity contribution is 6.32. The van der Waals surface area contributed by atoms with Gasteiger partial charge in [-0.25, -0.2) is 0 Å². The highest BCUT2D eigenvalue weighted by Gasteiger charge is 2.12. The van der Waals surface area contributed by atoms with Gasteiger partial charge in [-0.3, -0.25) is 0 Å². The summed E-state index contributed by atoms with van der Waals surface area (Å²) in [5.41, 5.74) is 9.79. The lowest BCUT2D eigenvalue weighted by molar-refractivity contribution is 0.415. The van der Waals surface area contributed by atoms with Crippen LogP contribution in [0.2, 0.25) is 5.02 Å². The smallest absolute Gasteiger partial charge is 0.137 e. The van der Waals surface area contributed by atoms with E-state index >= 15 is 0 Å². The van der Waals surface area contributed by atoms with E-state index in [2.05, 4.69) is 44.2 Å². The van der Waals surface area contributed by atoms with Crippen LogP contribution in [0.3, 0.4) is 0 Å². The zero-order valence-electron chi connectivity index (χ0n) is 13.5. The topological polar surface area (TPSA) is 35.2 Å². The van der Waals surface area contributed by atoms with Crippen LogP contribution < -0.4 is 10.5 Å². The molecule has 0 saturated heterocycles. The standard InChI is InChI=1S/C19H24ClNO/c1-13(2)15-5-7-16(8-6-15)17(12-21)10-14-4-9-19(22-3)18(20)11-14/h4-9,11,13,17H,10,12,21H2,1-3H3. The van der Waals surface area contributed by atoms with Gasteiger partial charge in [0.2, 0.25) is 0 Å². The van der Waals surface area contributed by atoms with E-state index in [0.29, 0.717) is 29.2 Å². The molecular weight excluding hydrogens is 294 g/mol. The van der Waals surface area contributed by atoms with Gasteiger partial charge >= 0.3 is 0 Å². The van der Waals surface area contributed by atoms with Crippen LogP contribution in [-0.2, 0) is 6.42 Å². The SMILES string of the molecule is COc1ccc(CC(CN)c2ccc(C(C)C)cc2)cc1Cl. The fourth-order valence-electron chi connectivity index (χ4n) is 2.61. The molecule has 1 unspecified atom stereocenters. The molecule has 0 aliphatic carbocycles. The van der Waals surface area contributed by atoms with E-state index in [9.17, 15) is 0 Å². The number of benzene rings is 2. The van der Waals surface area contributed by atoms with E-state index in [1.807, 2.05) is 12.1 Å². The molecule has 0 aromatic heterocycles. The Hall–Kier alpha value is -1.51. The van der Waals surface area contributed by atoms with E-state index in [4.69, 9.17) is 22.1 Å². The lowest BCUT2D eigenvalue weighted by Crippen LogP contribution is -2.15. The number of hydrogen-bond acceptors (Lipinski definition) is 2. The fourth-order valence-corrected chi connectivity index (χ4v) is 2.89. The molecule has 0 saturated carbocycles. The Morgan fingerprint density at radius 2 is 1.68 bits per heavy atom. The average Bonchev–Trinajstić information content (AvgIpc) is 2.53. The summed E-state index contributed by atoms with van der Waals surface area (Å²) in [6.45, 7) is 5.02. The summed E-state index contributed by atoms with van der Waals surface area (Å²) in [6, 6.07) is 14.7. The fraction of sp³-hybridized carbons (Fsp3) is 0.368. The monoisotopic (exact) mass is 317 g/mol. The van der Waals surface area contributed by atoms with Gasteiger partial charge in [-0.2, -0.15) is 0 Å². The zero-order chi connectivity index (χ0) is 16.1. The molecule has 2 aromatic carbocycles. The predicted octanol–water partition coefficient (Wildman–Crippen LogP) is 4.76. The molecule has 2 nitrogen and oxygen atoms in total. The van der Waals surface area contributed by atoms with Crippen molar-refractivity contribution in [3.8, 4) is 5.75 Å². The van der Waals surface area contributed by atoms with Crippen molar-refractivity contribution in [1.82, 2.24) is 0 Å². The first-order valence-electron chi connectivity index (χ1n) is 7.67. The highest BCUT2D eigenvalue weighted by atomic mass is 35.5. The van der Waals surface area contributed by atoms with E-state index in [0.717, 1.165) is 6.42 Å². The molecule has 3 heteroatoms. The molecular formula is C19H24ClNO. The van der Waals surface area contributed by atoms with E-state index in [-0.39, 0.29) is 0 Å². The van der Waals surface area contributed by atoms with Crippen LogP contribution in [0.15, 0.2) is 42.5 Å². The van der Waals surface area contributed by atoms with Crippen molar-refractivity contribution in [3.63, 3.8) is 0 Å². The van der Waals surface area contributed by atoms with E-state index in [1.165, 1.54) is 16.7 Å². The maximum absolute atomic E-state index is 6.20. The summed E-state index contributed by atoms with van der Waals surface area (Å²) in [4.78, 5) is 0. The summed E-state index contributed by atoms with van der Waals surface area (Å²) in [7, 11) is 1.62. The van der Waals surface area contributed by atoms with Crippen LogP contribution in [0.5, 0.6) is 5.75 Å². The minimum Gasteiger partial charge on any atom is -0.495 e. The number of hydrogen-bond donors (Lipinski definition) is 1. The van der Waals surface area contributed by atoms with Crippen molar-refractivity contribution in [2.45, 2.75) is 32.1 Å². The Morgan fingerprint density at radius 1 is 1.05 bits per heavy atom. The Labute approximate surface area is 138 Å². The van der Waals surface area contributed by atoms with Gasteiger partial charge in [-0.1, -0.05) is 55.8 Å². The van der Waals surface area contributed by atoms with Gasteiger partial charge in [0.25, 0.3) is 0 Å². The Kier molecular flexibility index (Phi) is 5.87. The highest BCUT2D eigenvalue weighted by Crippen LogP contribution is 2.28. The third kappa shape index (κ3) is 4.02. The molecule has 2 N–H and O–H groups in total. The summed E-state index contributed by atoms with van der Waals surface area (Å²) in [5.74, 6) is 1.55. The first-order chi connectivity index (χ1) is 10.5. The lowest BCUT2D eigenvalue weighted by Gasteiger charge is -2.17. The summed E-state index contributed by atoms with van der Waals surface area (Å²) in [5, 5.41) is 0.644. The van der Waals surface area contributed by atoms with Gasteiger partial charge in [0, 0.05) is 5.92 Å². The van der Waals surface area contributed by atoms with Gasteiger partial charge < -0.3 is 10.5 Å². The molecule has 0 bridgehead atoms. The zero-order valence-corrected chi connectivity index (χ0v) is 14.2. The summed E-state index contributed by atoms with van der Waals surface area (Å²) >= 11 is 6.20. The van der Waals surface area contributed by atoms with Gasteiger partial charge in [-0.15, -0.1) is 0 Å². The predicted molar refractivity (Wildman–Crippen MR) is 94.0 cm³/mol. The molecule has 118 valence electrons. The normalized spacial score (nSPS) is 12.5. The van der Waals surface area contributed by atoms with Crippen LogP contribution in [-0.4, -0.2) is 13.7 Å². The molecule has 0 aliphatic rings.